The van der Waals surface area contributed by atoms with Crippen molar-refractivity contribution in [2.75, 3.05) is 26.2 Å². The minimum Gasteiger partial charge on any atom is -0.487 e. The Labute approximate surface area is 344 Å². The molecule has 0 spiro atoms. The van der Waals surface area contributed by atoms with Crippen LogP contribution in [-0.4, -0.2) is 41.4 Å². The lowest BCUT2D eigenvalue weighted by molar-refractivity contribution is 0.0439. The van der Waals surface area contributed by atoms with Gasteiger partial charge in [0.15, 0.2) is 5.78 Å². The first-order valence-electron chi connectivity index (χ1n) is 21.1. The number of carbonyl (C=O) groups is 1. The summed E-state index contributed by atoms with van der Waals surface area (Å²) in [4.78, 5) is 17.2. The van der Waals surface area contributed by atoms with Gasteiger partial charge in [-0.05, 0) is 123 Å². The van der Waals surface area contributed by atoms with E-state index in [4.69, 9.17) is 16.3 Å². The fraction of sp³-hybridized carbons (Fsp3) is 0.353. The van der Waals surface area contributed by atoms with Crippen molar-refractivity contribution in [3.05, 3.63) is 172 Å². The molecule has 2 fully saturated rings. The first kappa shape index (κ1) is 39.2. The van der Waals surface area contributed by atoms with Gasteiger partial charge in [-0.3, -0.25) is 9.69 Å². The molecule has 294 valence electrons. The number of aryl methyl sites for hydroxylation is 1. The molecule has 6 heteroatoms. The van der Waals surface area contributed by atoms with E-state index < -0.39 is 0 Å². The van der Waals surface area contributed by atoms with Crippen molar-refractivity contribution in [1.29, 1.82) is 0 Å². The molecule has 8 rings (SSSR count). The van der Waals surface area contributed by atoms with Crippen LogP contribution in [0.2, 0.25) is 5.02 Å². The van der Waals surface area contributed by atoms with E-state index in [2.05, 4.69) is 125 Å². The van der Waals surface area contributed by atoms with E-state index in [1.54, 1.807) is 0 Å². The van der Waals surface area contributed by atoms with Crippen molar-refractivity contribution < 1.29 is 9.53 Å². The summed E-state index contributed by atoms with van der Waals surface area (Å²) in [6.07, 6.45) is 6.09. The number of carbonyl (C=O) groups excluding carboxylic acids is 1. The normalized spacial score (nSPS) is 18.7. The molecule has 5 nitrogen and oxygen atoms in total. The highest BCUT2D eigenvalue weighted by atomic mass is 35.5. The number of hydrogen-bond acceptors (Lipinski definition) is 4. The van der Waals surface area contributed by atoms with E-state index in [1.807, 2.05) is 43.4 Å². The lowest BCUT2D eigenvalue weighted by Crippen LogP contribution is -2.53. The number of benzene rings is 5. The average Bonchev–Trinajstić information content (AvgIpc) is 3.56. The molecule has 2 aliphatic rings. The second-order valence-electron chi connectivity index (χ2n) is 16.2. The number of rotatable bonds is 14. The van der Waals surface area contributed by atoms with Crippen LogP contribution >= 0.6 is 11.6 Å². The van der Waals surface area contributed by atoms with Crippen LogP contribution in [0.4, 0.5) is 0 Å². The van der Waals surface area contributed by atoms with E-state index in [-0.39, 0.29) is 11.3 Å². The van der Waals surface area contributed by atoms with Crippen LogP contribution in [0, 0.1) is 23.7 Å². The Morgan fingerprint density at radius 1 is 0.789 bits per heavy atom. The largest absolute Gasteiger partial charge is 0.487 e. The highest BCUT2D eigenvalue weighted by molar-refractivity contribution is 6.30. The van der Waals surface area contributed by atoms with Crippen LogP contribution < -0.4 is 10.1 Å². The molecule has 1 N–H and O–H groups in total. The molecule has 0 saturated carbocycles. The third kappa shape index (κ3) is 7.95. The minimum atomic E-state index is -0.369. The molecule has 2 aliphatic heterocycles. The number of nitrogens with zero attached hydrogens (tertiary/aromatic N) is 2. The van der Waals surface area contributed by atoms with Gasteiger partial charge >= 0.3 is 0 Å². The zero-order chi connectivity index (χ0) is 39.2. The minimum absolute atomic E-state index is 0.222. The Hall–Kier alpha value is -4.68. The summed E-state index contributed by atoms with van der Waals surface area (Å²) >= 11 is 6.13. The standard InChI is InChI=1S/C51H56ClN3O2/c1-3-44(38-30-33-55(34-31-38)51(39-15-7-4-8-16-39,40-17-9-5-10-18-40)41-19-11-6-12-20-41)46-35-53-32-29-37(46)23-28-49(56)50-45-21-13-14-22-47(45)54(2)48(50)36-57-43-26-24-42(52)25-27-43/h4-22,24-27,37-38,44,46,53H,3,23,28-36H2,1-2H3. The lowest BCUT2D eigenvalue weighted by Gasteiger charge is -2.50. The van der Waals surface area contributed by atoms with Crippen molar-refractivity contribution >= 4 is 28.3 Å². The van der Waals surface area contributed by atoms with E-state index in [0.29, 0.717) is 41.7 Å². The fourth-order valence-corrected chi connectivity index (χ4v) is 10.7. The van der Waals surface area contributed by atoms with Gasteiger partial charge in [-0.2, -0.15) is 0 Å². The summed E-state index contributed by atoms with van der Waals surface area (Å²) in [5, 5.41) is 5.47. The zero-order valence-corrected chi connectivity index (χ0v) is 34.2. The Balaban J connectivity index is 1.00. The number of hydrogen-bond donors (Lipinski definition) is 1. The second-order valence-corrected chi connectivity index (χ2v) is 16.7. The van der Waals surface area contributed by atoms with Gasteiger partial charge in [-0.15, -0.1) is 0 Å². The molecule has 5 aromatic carbocycles. The topological polar surface area (TPSA) is 46.5 Å². The lowest BCUT2D eigenvalue weighted by atomic mass is 9.66. The number of aromatic nitrogens is 1. The van der Waals surface area contributed by atoms with Crippen LogP contribution in [0.3, 0.4) is 0 Å². The van der Waals surface area contributed by atoms with Gasteiger partial charge in [0.2, 0.25) is 0 Å². The van der Waals surface area contributed by atoms with Crippen LogP contribution in [-0.2, 0) is 19.2 Å². The van der Waals surface area contributed by atoms with Gasteiger partial charge in [-0.25, -0.2) is 0 Å². The van der Waals surface area contributed by atoms with Crippen molar-refractivity contribution in [3.8, 4) is 5.75 Å². The third-order valence-corrected chi connectivity index (χ3v) is 13.6. The van der Waals surface area contributed by atoms with Crippen molar-refractivity contribution in [2.24, 2.45) is 30.7 Å². The molecule has 57 heavy (non-hydrogen) atoms. The van der Waals surface area contributed by atoms with Crippen LogP contribution in [0.15, 0.2) is 140 Å². The number of likely N-dealkylation sites (tertiary alicyclic amines) is 1. The van der Waals surface area contributed by atoms with Crippen molar-refractivity contribution in [3.63, 3.8) is 0 Å². The van der Waals surface area contributed by atoms with Gasteiger partial charge in [0.1, 0.15) is 12.4 Å². The molecule has 6 aromatic rings. The van der Waals surface area contributed by atoms with E-state index in [1.165, 1.54) is 29.5 Å². The molecular weight excluding hydrogens is 722 g/mol. The number of fused-ring (bicyclic) bond motifs is 1. The maximum atomic E-state index is 14.4. The number of Topliss-reactive ketones (excluding diaryl/α,β-unsaturated/α-hetero) is 1. The summed E-state index contributed by atoms with van der Waals surface area (Å²) < 4.78 is 8.37. The van der Waals surface area contributed by atoms with Crippen LogP contribution in [0.1, 0.15) is 78.2 Å². The summed E-state index contributed by atoms with van der Waals surface area (Å²) in [6.45, 7) is 6.84. The van der Waals surface area contributed by atoms with Crippen LogP contribution in [0.5, 0.6) is 5.75 Å². The molecule has 3 unspecified atom stereocenters. The van der Waals surface area contributed by atoms with Gasteiger partial charge < -0.3 is 14.6 Å². The summed E-state index contributed by atoms with van der Waals surface area (Å²) in [6, 6.07) is 49.1. The van der Waals surface area contributed by atoms with Gasteiger partial charge in [0, 0.05) is 35.0 Å². The monoisotopic (exact) mass is 777 g/mol. The number of halogens is 1. The molecule has 3 atom stereocenters. The predicted octanol–water partition coefficient (Wildman–Crippen LogP) is 11.3. The predicted molar refractivity (Wildman–Crippen MR) is 234 cm³/mol. The number of ketones is 1. The maximum Gasteiger partial charge on any atom is 0.165 e. The SMILES string of the molecule is CCC(C1CCN(C(c2ccccc2)(c2ccccc2)c2ccccc2)CC1)C1CNCCC1CCC(=O)c1c(COc2ccc(Cl)cc2)n(C)c2ccccc12. The fourth-order valence-electron chi connectivity index (χ4n) is 10.6. The number of para-hydroxylation sites is 1. The molecule has 0 aliphatic carbocycles. The van der Waals surface area contributed by atoms with E-state index in [0.717, 1.165) is 73.4 Å². The number of piperidine rings is 2. The van der Waals surface area contributed by atoms with Crippen molar-refractivity contribution in [1.82, 2.24) is 14.8 Å². The summed E-state index contributed by atoms with van der Waals surface area (Å²) in [5.41, 5.74) is 6.38. The summed E-state index contributed by atoms with van der Waals surface area (Å²) in [7, 11) is 2.04. The number of ether oxygens (including phenoxy) is 1. The molecule has 1 aromatic heterocycles. The first-order chi connectivity index (χ1) is 28.0. The molecule has 0 amide bonds. The Bertz CT molecular complexity index is 2120. The molecule has 0 radical (unpaired) electrons. The smallest absolute Gasteiger partial charge is 0.165 e. The maximum absolute atomic E-state index is 14.4. The van der Waals surface area contributed by atoms with E-state index >= 15 is 0 Å². The van der Waals surface area contributed by atoms with Gasteiger partial charge in [-0.1, -0.05) is 134 Å². The molecule has 3 heterocycles. The number of nitrogens with one attached hydrogen (secondary N) is 1. The van der Waals surface area contributed by atoms with Gasteiger partial charge in [0.05, 0.1) is 11.2 Å². The highest BCUT2D eigenvalue weighted by Gasteiger charge is 2.45. The Kier molecular flexibility index (Phi) is 12.3. The Morgan fingerprint density at radius 2 is 1.37 bits per heavy atom. The first-order valence-corrected chi connectivity index (χ1v) is 21.5. The second kappa shape index (κ2) is 17.9. The molecule has 2 saturated heterocycles. The quantitative estimate of drug-likeness (QED) is 0.0884. The third-order valence-electron chi connectivity index (χ3n) is 13.3. The van der Waals surface area contributed by atoms with Crippen molar-refractivity contribution in [2.45, 2.75) is 57.6 Å². The van der Waals surface area contributed by atoms with E-state index in [9.17, 15) is 4.79 Å². The highest BCUT2D eigenvalue weighted by Crippen LogP contribution is 2.47. The average molecular weight is 778 g/mol. The van der Waals surface area contributed by atoms with Gasteiger partial charge in [0.25, 0.3) is 0 Å². The Morgan fingerprint density at radius 3 is 1.96 bits per heavy atom. The summed E-state index contributed by atoms with van der Waals surface area (Å²) in [5.74, 6) is 3.28. The molecule has 0 bridgehead atoms. The molecular formula is C51H56ClN3O2. The zero-order valence-electron chi connectivity index (χ0n) is 33.5. The van der Waals surface area contributed by atoms with Crippen LogP contribution in [0.25, 0.3) is 10.9 Å².